The van der Waals surface area contributed by atoms with E-state index in [4.69, 9.17) is 9.47 Å². The van der Waals surface area contributed by atoms with Crippen LogP contribution in [0.15, 0.2) is 73.3 Å². The zero-order valence-corrected chi connectivity index (χ0v) is 16.5. The molecule has 2 aromatic carbocycles. The van der Waals surface area contributed by atoms with Gasteiger partial charge in [-0.05, 0) is 38.5 Å². The van der Waals surface area contributed by atoms with Gasteiger partial charge in [0.25, 0.3) is 0 Å². The average molecular weight is 382 g/mol. The van der Waals surface area contributed by atoms with Crippen LogP contribution < -0.4 is 5.01 Å². The zero-order valence-electron chi connectivity index (χ0n) is 16.5. The van der Waals surface area contributed by atoms with Crippen LogP contribution in [-0.2, 0) is 16.1 Å². The summed E-state index contributed by atoms with van der Waals surface area (Å²) in [6, 6.07) is 18.1. The molecule has 6 heteroatoms. The van der Waals surface area contributed by atoms with Crippen molar-refractivity contribution in [1.29, 1.82) is 0 Å². The SMILES string of the molecule is C=CCN(C(=O)OC(C)(C)C)N(C(=O)OCc1ccccc1)c1ccccc1. The molecular formula is C22H26N2O4. The highest BCUT2D eigenvalue weighted by molar-refractivity contribution is 5.90. The summed E-state index contributed by atoms with van der Waals surface area (Å²) in [6.07, 6.45) is 0.153. The Morgan fingerprint density at radius 1 is 0.964 bits per heavy atom. The van der Waals surface area contributed by atoms with E-state index in [-0.39, 0.29) is 13.2 Å². The molecule has 28 heavy (non-hydrogen) atoms. The summed E-state index contributed by atoms with van der Waals surface area (Å²) in [5.74, 6) is 0. The smallest absolute Gasteiger partial charge is 0.434 e. The van der Waals surface area contributed by atoms with E-state index < -0.39 is 17.8 Å². The van der Waals surface area contributed by atoms with Gasteiger partial charge in [-0.3, -0.25) is 0 Å². The molecule has 0 heterocycles. The number of ether oxygens (including phenoxy) is 2. The third-order valence-corrected chi connectivity index (χ3v) is 3.53. The Balaban J connectivity index is 2.29. The number of nitrogens with zero attached hydrogens (tertiary/aromatic N) is 2. The van der Waals surface area contributed by atoms with Crippen LogP contribution in [0.4, 0.5) is 15.3 Å². The molecule has 0 spiro atoms. The monoisotopic (exact) mass is 382 g/mol. The van der Waals surface area contributed by atoms with Gasteiger partial charge in [0.15, 0.2) is 0 Å². The Labute approximate surface area is 165 Å². The highest BCUT2D eigenvalue weighted by Crippen LogP contribution is 2.21. The van der Waals surface area contributed by atoms with E-state index in [1.807, 2.05) is 36.4 Å². The Morgan fingerprint density at radius 2 is 1.54 bits per heavy atom. The van der Waals surface area contributed by atoms with E-state index >= 15 is 0 Å². The fourth-order valence-electron chi connectivity index (χ4n) is 2.37. The molecular weight excluding hydrogens is 356 g/mol. The van der Waals surface area contributed by atoms with E-state index in [1.165, 1.54) is 16.1 Å². The molecule has 0 aliphatic carbocycles. The summed E-state index contributed by atoms with van der Waals surface area (Å²) in [5.41, 5.74) is 0.608. The molecule has 2 rings (SSSR count). The number of carbonyl (C=O) groups is 2. The van der Waals surface area contributed by atoms with E-state index in [0.717, 1.165) is 5.56 Å². The first kappa shape index (κ1) is 21.0. The van der Waals surface area contributed by atoms with E-state index in [1.54, 1.807) is 45.0 Å². The first-order valence-corrected chi connectivity index (χ1v) is 8.99. The van der Waals surface area contributed by atoms with Crippen molar-refractivity contribution in [2.75, 3.05) is 11.6 Å². The van der Waals surface area contributed by atoms with Crippen LogP contribution in [-0.4, -0.2) is 29.3 Å². The standard InChI is InChI=1S/C22H26N2O4/c1-5-16-23(20(25)28-22(2,3)4)24(19-14-10-7-11-15-19)21(26)27-17-18-12-8-6-9-13-18/h5-15H,1,16-17H2,2-4H3. The maximum absolute atomic E-state index is 12.9. The van der Waals surface area contributed by atoms with Gasteiger partial charge in [0.2, 0.25) is 0 Å². The highest BCUT2D eigenvalue weighted by atomic mass is 16.6. The van der Waals surface area contributed by atoms with Gasteiger partial charge in [-0.1, -0.05) is 54.6 Å². The van der Waals surface area contributed by atoms with Gasteiger partial charge < -0.3 is 9.47 Å². The number of anilines is 1. The quantitative estimate of drug-likeness (QED) is 0.529. The summed E-state index contributed by atoms with van der Waals surface area (Å²) < 4.78 is 10.9. The van der Waals surface area contributed by atoms with Crippen molar-refractivity contribution >= 4 is 17.9 Å². The predicted molar refractivity (Wildman–Crippen MR) is 109 cm³/mol. The molecule has 0 bridgehead atoms. The van der Waals surface area contributed by atoms with Crippen molar-refractivity contribution in [1.82, 2.24) is 5.01 Å². The van der Waals surface area contributed by atoms with Crippen molar-refractivity contribution in [3.8, 4) is 0 Å². The number of para-hydroxylation sites is 1. The van der Waals surface area contributed by atoms with Crippen LogP contribution in [0.3, 0.4) is 0 Å². The average Bonchev–Trinajstić information content (AvgIpc) is 2.66. The second-order valence-corrected chi connectivity index (χ2v) is 7.04. The number of amides is 2. The molecule has 0 saturated heterocycles. The molecule has 0 saturated carbocycles. The first-order valence-electron chi connectivity index (χ1n) is 8.99. The van der Waals surface area contributed by atoms with E-state index in [9.17, 15) is 9.59 Å². The maximum Gasteiger partial charge on any atom is 0.434 e. The lowest BCUT2D eigenvalue weighted by molar-refractivity contribution is 0.0232. The molecule has 0 aliphatic rings. The molecule has 0 radical (unpaired) electrons. The minimum absolute atomic E-state index is 0.0737. The minimum Gasteiger partial charge on any atom is -0.443 e. The Bertz CT molecular complexity index is 785. The van der Waals surface area contributed by atoms with Gasteiger partial charge in [0, 0.05) is 0 Å². The van der Waals surface area contributed by atoms with E-state index in [2.05, 4.69) is 6.58 Å². The van der Waals surface area contributed by atoms with Crippen molar-refractivity contribution in [3.63, 3.8) is 0 Å². The van der Waals surface area contributed by atoms with Crippen molar-refractivity contribution in [2.45, 2.75) is 33.0 Å². The predicted octanol–water partition coefficient (Wildman–Crippen LogP) is 5.17. The van der Waals surface area contributed by atoms with Gasteiger partial charge in [-0.2, -0.15) is 5.01 Å². The summed E-state index contributed by atoms with van der Waals surface area (Å²) in [6.45, 7) is 9.12. The Kier molecular flexibility index (Phi) is 7.21. The third kappa shape index (κ3) is 6.16. The molecule has 0 unspecified atom stereocenters. The number of hydrogen-bond donors (Lipinski definition) is 0. The molecule has 0 N–H and O–H groups in total. The third-order valence-electron chi connectivity index (χ3n) is 3.53. The van der Waals surface area contributed by atoms with Crippen LogP contribution in [0.5, 0.6) is 0 Å². The van der Waals surface area contributed by atoms with Gasteiger partial charge in [-0.25, -0.2) is 14.6 Å². The first-order chi connectivity index (χ1) is 13.3. The number of hydrazine groups is 1. The van der Waals surface area contributed by atoms with Crippen molar-refractivity contribution in [3.05, 3.63) is 78.9 Å². The molecule has 0 aliphatic heterocycles. The number of benzene rings is 2. The van der Waals surface area contributed by atoms with Gasteiger partial charge >= 0.3 is 12.2 Å². The summed E-state index contributed by atoms with van der Waals surface area (Å²) in [5, 5.41) is 2.33. The van der Waals surface area contributed by atoms with Gasteiger partial charge in [0.05, 0.1) is 12.2 Å². The number of hydrogen-bond acceptors (Lipinski definition) is 4. The van der Waals surface area contributed by atoms with Crippen LogP contribution in [0.1, 0.15) is 26.3 Å². The lowest BCUT2D eigenvalue weighted by Gasteiger charge is -2.34. The van der Waals surface area contributed by atoms with Crippen LogP contribution >= 0.6 is 0 Å². The second-order valence-electron chi connectivity index (χ2n) is 7.04. The summed E-state index contributed by atoms with van der Waals surface area (Å²) in [4.78, 5) is 25.7. The van der Waals surface area contributed by atoms with Crippen LogP contribution in [0.25, 0.3) is 0 Å². The minimum atomic E-state index is -0.715. The maximum atomic E-state index is 12.9. The molecule has 2 amide bonds. The Hall–Kier alpha value is -3.28. The molecule has 0 aromatic heterocycles. The zero-order chi connectivity index (χ0) is 20.6. The van der Waals surface area contributed by atoms with Crippen LogP contribution in [0, 0.1) is 0 Å². The normalized spacial score (nSPS) is 10.7. The fourth-order valence-corrected chi connectivity index (χ4v) is 2.37. The number of rotatable bonds is 5. The van der Waals surface area contributed by atoms with Crippen molar-refractivity contribution < 1.29 is 19.1 Å². The molecule has 2 aromatic rings. The molecule has 0 atom stereocenters. The van der Waals surface area contributed by atoms with Crippen molar-refractivity contribution in [2.24, 2.45) is 0 Å². The summed E-state index contributed by atoms with van der Waals surface area (Å²) in [7, 11) is 0. The lowest BCUT2D eigenvalue weighted by Crippen LogP contribution is -2.52. The summed E-state index contributed by atoms with van der Waals surface area (Å²) >= 11 is 0. The largest absolute Gasteiger partial charge is 0.443 e. The fraction of sp³-hybridized carbons (Fsp3) is 0.273. The Morgan fingerprint density at radius 3 is 2.07 bits per heavy atom. The highest BCUT2D eigenvalue weighted by Gasteiger charge is 2.31. The van der Waals surface area contributed by atoms with Gasteiger partial charge in [-0.15, -0.1) is 6.58 Å². The number of carbonyl (C=O) groups excluding carboxylic acids is 2. The lowest BCUT2D eigenvalue weighted by atomic mass is 10.2. The topological polar surface area (TPSA) is 59.1 Å². The molecule has 0 fully saturated rings. The van der Waals surface area contributed by atoms with Crippen LogP contribution in [0.2, 0.25) is 0 Å². The molecule has 6 nitrogen and oxygen atoms in total. The second kappa shape index (κ2) is 9.60. The van der Waals surface area contributed by atoms with E-state index in [0.29, 0.717) is 5.69 Å². The molecule has 148 valence electrons. The van der Waals surface area contributed by atoms with Gasteiger partial charge in [0.1, 0.15) is 12.2 Å².